The van der Waals surface area contributed by atoms with Crippen molar-refractivity contribution in [1.29, 1.82) is 0 Å². The third-order valence-electron chi connectivity index (χ3n) is 3.62. The second kappa shape index (κ2) is 5.43. The van der Waals surface area contributed by atoms with Crippen LogP contribution < -0.4 is 5.06 Å². The Morgan fingerprint density at radius 2 is 2.04 bits per heavy atom. The van der Waals surface area contributed by atoms with Gasteiger partial charge in [0.25, 0.3) is 5.78 Å². The van der Waals surface area contributed by atoms with E-state index in [2.05, 4.69) is 20.1 Å². The summed E-state index contributed by atoms with van der Waals surface area (Å²) in [5.74, 6) is 0.442. The number of hydroxylamine groups is 1. The van der Waals surface area contributed by atoms with Gasteiger partial charge in [0.2, 0.25) is 5.90 Å². The van der Waals surface area contributed by atoms with Gasteiger partial charge >= 0.3 is 6.18 Å². The molecule has 1 aliphatic rings. The molecule has 3 aromatic rings. The van der Waals surface area contributed by atoms with Crippen molar-refractivity contribution in [1.82, 2.24) is 19.6 Å². The van der Waals surface area contributed by atoms with Gasteiger partial charge < -0.3 is 4.84 Å². The van der Waals surface area contributed by atoms with Crippen LogP contribution in [0.3, 0.4) is 0 Å². The topological polar surface area (TPSA) is 67.9 Å². The minimum atomic E-state index is -4.56. The SMILES string of the molecule is CC1=NCN(c2cccc(-c3cnc4nc(C(F)(F)F)cnn34)c2)O1. The number of alkyl halides is 3. The third-order valence-corrected chi connectivity index (χ3v) is 3.62. The summed E-state index contributed by atoms with van der Waals surface area (Å²) >= 11 is 0. The van der Waals surface area contributed by atoms with Gasteiger partial charge in [0.1, 0.15) is 6.67 Å². The van der Waals surface area contributed by atoms with Crippen LogP contribution >= 0.6 is 0 Å². The molecule has 25 heavy (non-hydrogen) atoms. The number of anilines is 1. The van der Waals surface area contributed by atoms with Crippen LogP contribution in [0.2, 0.25) is 0 Å². The number of rotatable bonds is 2. The molecule has 0 saturated heterocycles. The Morgan fingerprint density at radius 1 is 1.20 bits per heavy atom. The second-order valence-corrected chi connectivity index (χ2v) is 5.33. The summed E-state index contributed by atoms with van der Waals surface area (Å²) in [6.07, 6.45) is -2.45. The van der Waals surface area contributed by atoms with Gasteiger partial charge in [0, 0.05) is 12.5 Å². The van der Waals surface area contributed by atoms with E-state index >= 15 is 0 Å². The summed E-state index contributed by atoms with van der Waals surface area (Å²) in [5.41, 5.74) is 0.916. The first-order chi connectivity index (χ1) is 11.9. The Balaban J connectivity index is 1.73. The van der Waals surface area contributed by atoms with Gasteiger partial charge in [0.15, 0.2) is 5.69 Å². The highest BCUT2D eigenvalue weighted by Gasteiger charge is 2.33. The third kappa shape index (κ3) is 2.75. The first-order valence-corrected chi connectivity index (χ1v) is 7.27. The molecule has 0 atom stereocenters. The van der Waals surface area contributed by atoms with Crippen LogP contribution in [0.25, 0.3) is 17.0 Å². The number of imidazole rings is 1. The fourth-order valence-corrected chi connectivity index (χ4v) is 2.44. The fraction of sp³-hybridized carbons (Fsp3) is 0.200. The van der Waals surface area contributed by atoms with Gasteiger partial charge in [-0.25, -0.2) is 15.0 Å². The molecular formula is C15H11F3N6O. The van der Waals surface area contributed by atoms with Crippen LogP contribution in [0, 0.1) is 0 Å². The Hall–Kier alpha value is -3.17. The number of aromatic nitrogens is 4. The minimum Gasteiger partial charge on any atom is -0.363 e. The molecule has 0 amide bonds. The molecule has 0 spiro atoms. The molecule has 0 N–H and O–H groups in total. The Labute approximate surface area is 139 Å². The van der Waals surface area contributed by atoms with Gasteiger partial charge in [-0.2, -0.15) is 27.8 Å². The number of hydrogen-bond acceptors (Lipinski definition) is 6. The van der Waals surface area contributed by atoms with Crippen molar-refractivity contribution in [3.63, 3.8) is 0 Å². The van der Waals surface area contributed by atoms with Gasteiger partial charge in [-0.3, -0.25) is 0 Å². The molecule has 0 aliphatic carbocycles. The molecule has 4 rings (SSSR count). The number of aliphatic imine (C=N–C) groups is 1. The molecule has 0 saturated carbocycles. The van der Waals surface area contributed by atoms with E-state index in [0.29, 0.717) is 30.0 Å². The average molecular weight is 348 g/mol. The smallest absolute Gasteiger partial charge is 0.363 e. The zero-order valence-electron chi connectivity index (χ0n) is 12.9. The Bertz CT molecular complexity index is 981. The number of fused-ring (bicyclic) bond motifs is 1. The van der Waals surface area contributed by atoms with Gasteiger partial charge in [-0.15, -0.1) is 0 Å². The Kier molecular flexibility index (Phi) is 3.34. The summed E-state index contributed by atoms with van der Waals surface area (Å²) in [6, 6.07) is 7.26. The maximum atomic E-state index is 12.7. The van der Waals surface area contributed by atoms with Crippen LogP contribution in [0.5, 0.6) is 0 Å². The lowest BCUT2D eigenvalue weighted by atomic mass is 10.1. The van der Waals surface area contributed by atoms with E-state index in [1.54, 1.807) is 24.1 Å². The molecule has 0 bridgehead atoms. The van der Waals surface area contributed by atoms with Crippen LogP contribution in [0.4, 0.5) is 18.9 Å². The number of nitrogens with zero attached hydrogens (tertiary/aromatic N) is 6. The van der Waals surface area contributed by atoms with E-state index in [1.807, 2.05) is 12.1 Å². The molecule has 3 heterocycles. The van der Waals surface area contributed by atoms with Crippen LogP contribution in [0.15, 0.2) is 41.7 Å². The molecule has 1 aromatic carbocycles. The molecule has 0 unspecified atom stereocenters. The Morgan fingerprint density at radius 3 is 2.76 bits per heavy atom. The lowest BCUT2D eigenvalue weighted by Crippen LogP contribution is -2.18. The highest BCUT2D eigenvalue weighted by Crippen LogP contribution is 2.29. The van der Waals surface area contributed by atoms with E-state index in [-0.39, 0.29) is 5.78 Å². The van der Waals surface area contributed by atoms with E-state index in [9.17, 15) is 13.2 Å². The highest BCUT2D eigenvalue weighted by molar-refractivity contribution is 5.77. The maximum Gasteiger partial charge on any atom is 0.435 e. The van der Waals surface area contributed by atoms with Crippen molar-refractivity contribution in [2.75, 3.05) is 11.7 Å². The molecule has 128 valence electrons. The van der Waals surface area contributed by atoms with Crippen molar-refractivity contribution in [3.05, 3.63) is 42.4 Å². The van der Waals surface area contributed by atoms with E-state index in [0.717, 1.165) is 5.69 Å². The van der Waals surface area contributed by atoms with Crippen LogP contribution in [-0.2, 0) is 11.0 Å². The summed E-state index contributed by atoms with van der Waals surface area (Å²) in [7, 11) is 0. The van der Waals surface area contributed by atoms with Gasteiger partial charge in [-0.05, 0) is 12.1 Å². The lowest BCUT2D eigenvalue weighted by molar-refractivity contribution is -0.141. The molecule has 2 aromatic heterocycles. The van der Waals surface area contributed by atoms with Crippen molar-refractivity contribution in [2.24, 2.45) is 4.99 Å². The van der Waals surface area contributed by atoms with Crippen molar-refractivity contribution in [3.8, 4) is 11.3 Å². The normalized spacial score (nSPS) is 14.7. The highest BCUT2D eigenvalue weighted by atomic mass is 19.4. The number of halogens is 3. The lowest BCUT2D eigenvalue weighted by Gasteiger charge is -2.16. The number of benzene rings is 1. The van der Waals surface area contributed by atoms with Crippen molar-refractivity contribution in [2.45, 2.75) is 13.1 Å². The summed E-state index contributed by atoms with van der Waals surface area (Å²) in [4.78, 5) is 17.1. The summed E-state index contributed by atoms with van der Waals surface area (Å²) in [5, 5.41) is 5.43. The predicted octanol–water partition coefficient (Wildman–Crippen LogP) is 2.94. The zero-order valence-corrected chi connectivity index (χ0v) is 12.9. The van der Waals surface area contributed by atoms with Crippen molar-refractivity contribution < 1.29 is 18.0 Å². The van der Waals surface area contributed by atoms with E-state index in [1.165, 1.54) is 10.7 Å². The maximum absolute atomic E-state index is 12.7. The zero-order chi connectivity index (χ0) is 17.6. The quantitative estimate of drug-likeness (QED) is 0.712. The number of hydrogen-bond donors (Lipinski definition) is 0. The second-order valence-electron chi connectivity index (χ2n) is 5.33. The molecule has 10 heteroatoms. The molecule has 7 nitrogen and oxygen atoms in total. The minimum absolute atomic E-state index is 0.119. The van der Waals surface area contributed by atoms with E-state index in [4.69, 9.17) is 4.84 Å². The average Bonchev–Trinajstić information content (AvgIpc) is 3.20. The first kappa shape index (κ1) is 15.4. The largest absolute Gasteiger partial charge is 0.435 e. The predicted molar refractivity (Wildman–Crippen MR) is 82.8 cm³/mol. The standard InChI is InChI=1S/C15H11F3N6O/c1-9-20-8-23(25-9)11-4-2-3-10(5-11)12-6-19-14-22-13(15(16,17)18)7-21-24(12)14/h2-7H,8H2,1H3. The van der Waals surface area contributed by atoms with Crippen LogP contribution in [0.1, 0.15) is 12.6 Å². The van der Waals surface area contributed by atoms with E-state index < -0.39 is 11.9 Å². The fourth-order valence-electron chi connectivity index (χ4n) is 2.44. The van der Waals surface area contributed by atoms with Crippen molar-refractivity contribution >= 4 is 17.4 Å². The summed E-state index contributed by atoms with van der Waals surface area (Å²) in [6.45, 7) is 2.12. The molecule has 1 aliphatic heterocycles. The summed E-state index contributed by atoms with van der Waals surface area (Å²) < 4.78 is 39.5. The molecule has 0 fully saturated rings. The molecular weight excluding hydrogens is 337 g/mol. The first-order valence-electron chi connectivity index (χ1n) is 7.27. The molecule has 0 radical (unpaired) electrons. The van der Waals surface area contributed by atoms with Gasteiger partial charge in [0.05, 0.1) is 23.8 Å². The van der Waals surface area contributed by atoms with Gasteiger partial charge in [-0.1, -0.05) is 12.1 Å². The van der Waals surface area contributed by atoms with Crippen LogP contribution in [-0.4, -0.2) is 32.1 Å². The monoisotopic (exact) mass is 348 g/mol.